The van der Waals surface area contributed by atoms with Gasteiger partial charge in [0.05, 0.1) is 39.1 Å². The second kappa shape index (κ2) is 13.8. The molecule has 0 unspecified atom stereocenters. The summed E-state index contributed by atoms with van der Waals surface area (Å²) in [6.45, 7) is 0. The molecule has 12 aromatic rings. The van der Waals surface area contributed by atoms with Gasteiger partial charge in [0.2, 0.25) is 0 Å². The molecular weight excluding hydrogens is 727 g/mol. The summed E-state index contributed by atoms with van der Waals surface area (Å²) in [5.41, 5.74) is 15.9. The summed E-state index contributed by atoms with van der Waals surface area (Å²) in [7, 11) is 0. The fourth-order valence-corrected chi connectivity index (χ4v) is 9.28. The largest absolute Gasteiger partial charge is 0.309 e. The fourth-order valence-electron chi connectivity index (χ4n) is 9.28. The van der Waals surface area contributed by atoms with E-state index in [4.69, 9.17) is 4.98 Å². The third-order valence-electron chi connectivity index (χ3n) is 12.1. The Bertz CT molecular complexity index is 3530. The average Bonchev–Trinajstić information content (AvgIpc) is 3.84. The number of hydrogen-bond acceptors (Lipinski definition) is 1. The maximum atomic E-state index is 5.14. The number of para-hydroxylation sites is 2. The highest BCUT2D eigenvalue weighted by Gasteiger charge is 2.18. The van der Waals surface area contributed by atoms with E-state index in [1.54, 1.807) is 0 Å². The van der Waals surface area contributed by atoms with Crippen LogP contribution in [-0.4, -0.2) is 14.1 Å². The topological polar surface area (TPSA) is 22.8 Å². The number of benzene rings is 9. The molecule has 0 atom stereocenters. The van der Waals surface area contributed by atoms with Crippen molar-refractivity contribution < 1.29 is 0 Å². The highest BCUT2D eigenvalue weighted by Crippen LogP contribution is 2.40. The third-order valence-corrected chi connectivity index (χ3v) is 12.1. The fraction of sp³-hybridized carbons (Fsp3) is 0. The number of aromatic nitrogens is 3. The number of pyridine rings is 1. The molecule has 0 saturated heterocycles. The molecule has 0 N–H and O–H groups in total. The first-order valence-electron chi connectivity index (χ1n) is 20.5. The van der Waals surface area contributed by atoms with Crippen LogP contribution in [0.3, 0.4) is 0 Å². The Morgan fingerprint density at radius 1 is 0.267 bits per heavy atom. The van der Waals surface area contributed by atoms with E-state index < -0.39 is 0 Å². The van der Waals surface area contributed by atoms with E-state index in [1.165, 1.54) is 71.2 Å². The van der Waals surface area contributed by atoms with Gasteiger partial charge in [-0.05, 0) is 94.4 Å². The van der Waals surface area contributed by atoms with Gasteiger partial charge in [-0.15, -0.1) is 0 Å². The van der Waals surface area contributed by atoms with Gasteiger partial charge in [0.1, 0.15) is 0 Å². The van der Waals surface area contributed by atoms with E-state index in [-0.39, 0.29) is 0 Å². The molecule has 0 bridgehead atoms. The Morgan fingerprint density at radius 2 is 0.733 bits per heavy atom. The van der Waals surface area contributed by atoms with Crippen LogP contribution in [0.25, 0.3) is 111 Å². The summed E-state index contributed by atoms with van der Waals surface area (Å²) in [5.74, 6) is 0. The van der Waals surface area contributed by atoms with Crippen molar-refractivity contribution in [2.75, 3.05) is 0 Å². The first kappa shape index (κ1) is 34.1. The molecule has 3 nitrogen and oxygen atoms in total. The van der Waals surface area contributed by atoms with Crippen LogP contribution in [0, 0.1) is 0 Å². The van der Waals surface area contributed by atoms with Crippen LogP contribution in [0.1, 0.15) is 0 Å². The minimum Gasteiger partial charge on any atom is -0.309 e. The van der Waals surface area contributed by atoms with Gasteiger partial charge in [0.25, 0.3) is 0 Å². The quantitative estimate of drug-likeness (QED) is 0.165. The molecule has 0 aliphatic heterocycles. The number of fused-ring (bicyclic) bond motifs is 7. The molecule has 0 aliphatic carbocycles. The van der Waals surface area contributed by atoms with Gasteiger partial charge in [-0.1, -0.05) is 158 Å². The summed E-state index contributed by atoms with van der Waals surface area (Å²) in [4.78, 5) is 5.14. The van der Waals surface area contributed by atoms with Gasteiger partial charge in [-0.25, -0.2) is 4.98 Å². The standard InChI is InChI=1S/C57H37N3/c1-3-16-39(17-4-1)51-36-44(37-52(58-51)40-18-5-2-6-19-40)41-21-13-22-45(33-41)59-54-26-11-9-24-47(54)49-34-42(29-31-56(49)59)43-30-32-57-50(35-43)48-25-10-12-27-55(48)60(57)53-28-14-20-38-15-7-8-23-46(38)53/h1-37H. The Kier molecular flexibility index (Phi) is 7.85. The van der Waals surface area contributed by atoms with Crippen LogP contribution >= 0.6 is 0 Å². The van der Waals surface area contributed by atoms with Gasteiger partial charge >= 0.3 is 0 Å². The highest BCUT2D eigenvalue weighted by atomic mass is 15.0. The molecule has 3 heteroatoms. The molecular formula is C57H37N3. The molecule has 3 aromatic heterocycles. The molecule has 0 saturated carbocycles. The van der Waals surface area contributed by atoms with E-state index in [0.717, 1.165) is 39.3 Å². The molecule has 9 aromatic carbocycles. The van der Waals surface area contributed by atoms with Crippen molar-refractivity contribution in [1.29, 1.82) is 0 Å². The molecule has 12 rings (SSSR count). The lowest BCUT2D eigenvalue weighted by atomic mass is 9.99. The molecule has 0 fully saturated rings. The van der Waals surface area contributed by atoms with E-state index in [9.17, 15) is 0 Å². The first-order chi connectivity index (χ1) is 29.7. The summed E-state index contributed by atoms with van der Waals surface area (Å²) < 4.78 is 4.84. The van der Waals surface area contributed by atoms with Crippen LogP contribution in [0.4, 0.5) is 0 Å². The summed E-state index contributed by atoms with van der Waals surface area (Å²) in [6.07, 6.45) is 0. The lowest BCUT2D eigenvalue weighted by Crippen LogP contribution is -1.95. The van der Waals surface area contributed by atoms with Crippen LogP contribution in [0.2, 0.25) is 0 Å². The molecule has 60 heavy (non-hydrogen) atoms. The highest BCUT2D eigenvalue weighted by molar-refractivity contribution is 6.13. The minimum absolute atomic E-state index is 0.957. The van der Waals surface area contributed by atoms with Gasteiger partial charge in [-0.3, -0.25) is 0 Å². The van der Waals surface area contributed by atoms with Crippen molar-refractivity contribution in [3.63, 3.8) is 0 Å². The molecule has 0 radical (unpaired) electrons. The lowest BCUT2D eigenvalue weighted by Gasteiger charge is -2.13. The average molecular weight is 764 g/mol. The Labute approximate surface area is 347 Å². The smallest absolute Gasteiger partial charge is 0.0715 e. The maximum Gasteiger partial charge on any atom is 0.0715 e. The molecule has 3 heterocycles. The zero-order chi connectivity index (χ0) is 39.6. The molecule has 0 amide bonds. The minimum atomic E-state index is 0.957. The van der Waals surface area contributed by atoms with Crippen molar-refractivity contribution in [3.05, 3.63) is 224 Å². The van der Waals surface area contributed by atoms with E-state index in [1.807, 2.05) is 0 Å². The zero-order valence-electron chi connectivity index (χ0n) is 32.7. The molecule has 280 valence electrons. The third kappa shape index (κ3) is 5.55. The number of hydrogen-bond donors (Lipinski definition) is 0. The van der Waals surface area contributed by atoms with Gasteiger partial charge < -0.3 is 9.13 Å². The van der Waals surface area contributed by atoms with Gasteiger partial charge in [0, 0.05) is 43.7 Å². The Hall–Kier alpha value is -8.01. The summed E-state index contributed by atoms with van der Waals surface area (Å²) >= 11 is 0. The Balaban J connectivity index is 0.992. The normalized spacial score (nSPS) is 11.7. The Morgan fingerprint density at radius 3 is 1.38 bits per heavy atom. The first-order valence-corrected chi connectivity index (χ1v) is 20.5. The second-order valence-electron chi connectivity index (χ2n) is 15.6. The van der Waals surface area contributed by atoms with Crippen LogP contribution in [0.5, 0.6) is 0 Å². The van der Waals surface area contributed by atoms with Gasteiger partial charge in [-0.2, -0.15) is 0 Å². The SMILES string of the molecule is c1ccc(-c2cc(-c3cccc(-n4c5ccccc5c5cc(-c6ccc7c(c6)c6ccccc6n7-c6cccc7ccccc67)ccc54)c3)cc(-c3ccccc3)n2)cc1. The van der Waals surface area contributed by atoms with E-state index in [0.29, 0.717) is 0 Å². The monoisotopic (exact) mass is 763 g/mol. The van der Waals surface area contributed by atoms with Crippen molar-refractivity contribution in [1.82, 2.24) is 14.1 Å². The predicted molar refractivity (Wildman–Crippen MR) is 252 cm³/mol. The number of nitrogens with zero attached hydrogens (tertiary/aromatic N) is 3. The zero-order valence-corrected chi connectivity index (χ0v) is 32.7. The summed E-state index contributed by atoms with van der Waals surface area (Å²) in [5, 5.41) is 7.44. The van der Waals surface area contributed by atoms with Crippen LogP contribution in [-0.2, 0) is 0 Å². The van der Waals surface area contributed by atoms with Crippen molar-refractivity contribution in [3.8, 4) is 56.1 Å². The van der Waals surface area contributed by atoms with E-state index in [2.05, 4.69) is 234 Å². The molecule has 0 spiro atoms. The van der Waals surface area contributed by atoms with Crippen LogP contribution in [0.15, 0.2) is 224 Å². The second-order valence-corrected chi connectivity index (χ2v) is 15.6. The maximum absolute atomic E-state index is 5.14. The predicted octanol–water partition coefficient (Wildman–Crippen LogP) is 15.1. The van der Waals surface area contributed by atoms with Crippen molar-refractivity contribution in [2.24, 2.45) is 0 Å². The molecule has 0 aliphatic rings. The number of rotatable bonds is 6. The lowest BCUT2D eigenvalue weighted by molar-refractivity contribution is 1.18. The van der Waals surface area contributed by atoms with E-state index >= 15 is 0 Å². The van der Waals surface area contributed by atoms with Gasteiger partial charge in [0.15, 0.2) is 0 Å². The van der Waals surface area contributed by atoms with Crippen molar-refractivity contribution >= 4 is 54.4 Å². The summed E-state index contributed by atoms with van der Waals surface area (Å²) in [6, 6.07) is 81.0. The van der Waals surface area contributed by atoms with Crippen LogP contribution < -0.4 is 0 Å². The van der Waals surface area contributed by atoms with Crippen molar-refractivity contribution in [2.45, 2.75) is 0 Å².